The summed E-state index contributed by atoms with van der Waals surface area (Å²) in [4.78, 5) is 0. The van der Waals surface area contributed by atoms with Crippen LogP contribution in [0, 0.1) is 0 Å². The molecule has 0 spiro atoms. The van der Waals surface area contributed by atoms with Gasteiger partial charge in [0.05, 0.1) is 18.6 Å². The molecule has 1 aliphatic heterocycles. The van der Waals surface area contributed by atoms with E-state index in [1.807, 2.05) is 0 Å². The van der Waals surface area contributed by atoms with Crippen LogP contribution in [0.2, 0.25) is 5.02 Å². The maximum Gasteiger partial charge on any atom is 0.164 e. The van der Waals surface area contributed by atoms with Crippen molar-refractivity contribution in [3.05, 3.63) is 22.7 Å². The minimum absolute atomic E-state index is 0.0425. The molecule has 0 bridgehead atoms. The van der Waals surface area contributed by atoms with Crippen molar-refractivity contribution in [1.82, 2.24) is 0 Å². The fourth-order valence-corrected chi connectivity index (χ4v) is 4.09. The number of benzene rings is 1. The summed E-state index contributed by atoms with van der Waals surface area (Å²) in [6.45, 7) is 0.447. The first-order valence-corrected chi connectivity index (χ1v) is 8.58. The van der Waals surface area contributed by atoms with Gasteiger partial charge in [-0.15, -0.1) is 0 Å². The van der Waals surface area contributed by atoms with Gasteiger partial charge in [-0.05, 0) is 25.5 Å². The third-order valence-electron chi connectivity index (χ3n) is 3.21. The number of hydrogen-bond donors (Lipinski definition) is 1. The van der Waals surface area contributed by atoms with Crippen molar-refractivity contribution in [2.75, 3.05) is 25.2 Å². The van der Waals surface area contributed by atoms with Crippen LogP contribution in [0.5, 0.6) is 11.5 Å². The fraction of sp³-hybridized carbons (Fsp3) is 0.538. The Morgan fingerprint density at radius 1 is 1.45 bits per heavy atom. The van der Waals surface area contributed by atoms with E-state index in [9.17, 15) is 8.42 Å². The number of nitrogens with two attached hydrogens (primary N) is 1. The van der Waals surface area contributed by atoms with E-state index in [-0.39, 0.29) is 17.6 Å². The standard InChI is InChI=1S/C13H18ClNO4S/c1-18-12-7-10(14)6-9(2-4-15)13(12)19-11-3-5-20(16,17)8-11/h6-7,11H,2-5,8,15H2,1H3. The average Bonchev–Trinajstić information content (AvgIpc) is 2.72. The van der Waals surface area contributed by atoms with Crippen LogP contribution in [-0.2, 0) is 16.3 Å². The van der Waals surface area contributed by atoms with Gasteiger partial charge in [0.2, 0.25) is 0 Å². The van der Waals surface area contributed by atoms with E-state index in [0.29, 0.717) is 35.9 Å². The van der Waals surface area contributed by atoms with E-state index in [0.717, 1.165) is 5.56 Å². The van der Waals surface area contributed by atoms with Crippen molar-refractivity contribution in [1.29, 1.82) is 0 Å². The van der Waals surface area contributed by atoms with Gasteiger partial charge in [-0.2, -0.15) is 0 Å². The Kier molecular flexibility index (Phi) is 4.78. The van der Waals surface area contributed by atoms with E-state index >= 15 is 0 Å². The van der Waals surface area contributed by atoms with Gasteiger partial charge in [0, 0.05) is 16.7 Å². The summed E-state index contributed by atoms with van der Waals surface area (Å²) in [7, 11) is -1.46. The zero-order valence-electron chi connectivity index (χ0n) is 11.3. The molecule has 1 aromatic rings. The van der Waals surface area contributed by atoms with Crippen molar-refractivity contribution in [3.8, 4) is 11.5 Å². The largest absolute Gasteiger partial charge is 0.493 e. The SMILES string of the molecule is COc1cc(Cl)cc(CCN)c1OC1CCS(=O)(=O)C1. The first-order valence-electron chi connectivity index (χ1n) is 6.38. The fourth-order valence-electron chi connectivity index (χ4n) is 2.27. The molecule has 1 saturated heterocycles. The molecule has 2 rings (SSSR count). The molecule has 5 nitrogen and oxygen atoms in total. The Hall–Kier alpha value is -0.980. The number of ether oxygens (including phenoxy) is 2. The normalized spacial score (nSPS) is 20.9. The van der Waals surface area contributed by atoms with Crippen molar-refractivity contribution in [2.45, 2.75) is 18.9 Å². The van der Waals surface area contributed by atoms with Gasteiger partial charge >= 0.3 is 0 Å². The third kappa shape index (κ3) is 3.56. The van der Waals surface area contributed by atoms with Crippen LogP contribution >= 0.6 is 11.6 Å². The molecule has 0 aliphatic carbocycles. The quantitative estimate of drug-likeness (QED) is 0.888. The molecule has 2 N–H and O–H groups in total. The molecule has 20 heavy (non-hydrogen) atoms. The summed E-state index contributed by atoms with van der Waals surface area (Å²) in [5.74, 6) is 1.26. The summed E-state index contributed by atoms with van der Waals surface area (Å²) in [6, 6.07) is 3.43. The molecule has 1 atom stereocenters. The molecule has 0 amide bonds. The zero-order chi connectivity index (χ0) is 14.8. The van der Waals surface area contributed by atoms with E-state index in [4.69, 9.17) is 26.8 Å². The predicted molar refractivity (Wildman–Crippen MR) is 78.4 cm³/mol. The van der Waals surface area contributed by atoms with Crippen LogP contribution < -0.4 is 15.2 Å². The molecule has 1 fully saturated rings. The lowest BCUT2D eigenvalue weighted by atomic mass is 10.1. The third-order valence-corrected chi connectivity index (χ3v) is 5.16. The Morgan fingerprint density at radius 3 is 2.75 bits per heavy atom. The van der Waals surface area contributed by atoms with Gasteiger partial charge in [-0.1, -0.05) is 11.6 Å². The van der Waals surface area contributed by atoms with Gasteiger partial charge < -0.3 is 15.2 Å². The molecule has 1 heterocycles. The number of sulfone groups is 1. The Labute approximate surface area is 123 Å². The van der Waals surface area contributed by atoms with Crippen LogP contribution in [-0.4, -0.2) is 39.7 Å². The summed E-state index contributed by atoms with van der Waals surface area (Å²) in [6.07, 6.45) is 0.744. The predicted octanol–water partition coefficient (Wildman–Crippen LogP) is 1.42. The highest BCUT2D eigenvalue weighted by Gasteiger charge is 2.30. The molecule has 0 aromatic heterocycles. The lowest BCUT2D eigenvalue weighted by Gasteiger charge is -2.19. The maximum absolute atomic E-state index is 11.5. The number of halogens is 1. The highest BCUT2D eigenvalue weighted by molar-refractivity contribution is 7.91. The minimum Gasteiger partial charge on any atom is -0.493 e. The lowest BCUT2D eigenvalue weighted by Crippen LogP contribution is -2.19. The number of methoxy groups -OCH3 is 1. The molecule has 1 unspecified atom stereocenters. The number of rotatable bonds is 5. The first-order chi connectivity index (χ1) is 9.45. The molecule has 1 aliphatic rings. The summed E-state index contributed by atoms with van der Waals surface area (Å²) in [5, 5.41) is 0.539. The van der Waals surface area contributed by atoms with Crippen LogP contribution in [0.4, 0.5) is 0 Å². The van der Waals surface area contributed by atoms with E-state index < -0.39 is 9.84 Å². The van der Waals surface area contributed by atoms with Crippen molar-refractivity contribution < 1.29 is 17.9 Å². The van der Waals surface area contributed by atoms with Crippen LogP contribution in [0.15, 0.2) is 12.1 Å². The molecule has 1 aromatic carbocycles. The lowest BCUT2D eigenvalue weighted by molar-refractivity contribution is 0.216. The maximum atomic E-state index is 11.5. The summed E-state index contributed by atoms with van der Waals surface area (Å²) < 4.78 is 34.1. The average molecular weight is 320 g/mol. The Bertz CT molecular complexity index is 588. The van der Waals surface area contributed by atoms with Crippen LogP contribution in [0.25, 0.3) is 0 Å². The van der Waals surface area contributed by atoms with Gasteiger partial charge in [0.1, 0.15) is 6.10 Å². The summed E-state index contributed by atoms with van der Waals surface area (Å²) in [5.41, 5.74) is 6.42. The second-order valence-electron chi connectivity index (χ2n) is 4.78. The highest BCUT2D eigenvalue weighted by Crippen LogP contribution is 2.36. The molecular formula is C13H18ClNO4S. The Morgan fingerprint density at radius 2 is 2.20 bits per heavy atom. The minimum atomic E-state index is -2.99. The van der Waals surface area contributed by atoms with E-state index in [1.54, 1.807) is 12.1 Å². The first kappa shape index (κ1) is 15.4. The van der Waals surface area contributed by atoms with E-state index in [1.165, 1.54) is 7.11 Å². The van der Waals surface area contributed by atoms with Crippen molar-refractivity contribution in [2.24, 2.45) is 5.73 Å². The topological polar surface area (TPSA) is 78.6 Å². The summed E-state index contributed by atoms with van der Waals surface area (Å²) >= 11 is 6.03. The molecular weight excluding hydrogens is 302 g/mol. The van der Waals surface area contributed by atoms with Crippen LogP contribution in [0.1, 0.15) is 12.0 Å². The van der Waals surface area contributed by atoms with E-state index in [2.05, 4.69) is 0 Å². The second-order valence-corrected chi connectivity index (χ2v) is 7.44. The van der Waals surface area contributed by atoms with Crippen LogP contribution in [0.3, 0.4) is 0 Å². The molecule has 7 heteroatoms. The van der Waals surface area contributed by atoms with Crippen molar-refractivity contribution in [3.63, 3.8) is 0 Å². The van der Waals surface area contributed by atoms with Gasteiger partial charge in [-0.3, -0.25) is 0 Å². The molecule has 0 radical (unpaired) electrons. The second kappa shape index (κ2) is 6.20. The zero-order valence-corrected chi connectivity index (χ0v) is 12.8. The number of hydrogen-bond acceptors (Lipinski definition) is 5. The molecule has 0 saturated carbocycles. The monoisotopic (exact) mass is 319 g/mol. The highest BCUT2D eigenvalue weighted by atomic mass is 35.5. The van der Waals surface area contributed by atoms with Crippen molar-refractivity contribution >= 4 is 21.4 Å². The van der Waals surface area contributed by atoms with Gasteiger partial charge in [0.25, 0.3) is 0 Å². The Balaban J connectivity index is 2.29. The van der Waals surface area contributed by atoms with Gasteiger partial charge in [-0.25, -0.2) is 8.42 Å². The molecule has 112 valence electrons. The smallest absolute Gasteiger partial charge is 0.164 e. The van der Waals surface area contributed by atoms with Gasteiger partial charge in [0.15, 0.2) is 21.3 Å².